The molecule has 2 nitrogen and oxygen atoms in total. The zero-order valence-electron chi connectivity index (χ0n) is 13.6. The first-order valence-electron chi connectivity index (χ1n) is 8.71. The van der Waals surface area contributed by atoms with E-state index in [1.807, 2.05) is 0 Å². The normalized spacial score (nSPS) is 27.8. The lowest BCUT2D eigenvalue weighted by atomic mass is 9.85. The summed E-state index contributed by atoms with van der Waals surface area (Å²) in [5.74, 6) is 1.73. The molecule has 3 rings (SSSR count). The van der Waals surface area contributed by atoms with Gasteiger partial charge in [-0.3, -0.25) is 4.90 Å². The first kappa shape index (κ1) is 15.1. The van der Waals surface area contributed by atoms with Crippen LogP contribution < -0.4 is 5.73 Å². The van der Waals surface area contributed by atoms with E-state index in [0.29, 0.717) is 12.1 Å². The molecule has 0 bridgehead atoms. The second-order valence-electron chi connectivity index (χ2n) is 7.28. The third-order valence-corrected chi connectivity index (χ3v) is 5.62. The van der Waals surface area contributed by atoms with Crippen molar-refractivity contribution in [2.45, 2.75) is 63.5 Å². The van der Waals surface area contributed by atoms with E-state index in [0.717, 1.165) is 18.4 Å². The molecule has 0 aromatic heterocycles. The average Bonchev–Trinajstić information content (AvgIpc) is 3.34. The Kier molecular flexibility index (Phi) is 4.66. The minimum atomic E-state index is 0.377. The Balaban J connectivity index is 1.72. The smallest absolute Gasteiger partial charge is 0.0470 e. The Bertz CT molecular complexity index is 458. The van der Waals surface area contributed by atoms with E-state index >= 15 is 0 Å². The van der Waals surface area contributed by atoms with Gasteiger partial charge in [-0.2, -0.15) is 0 Å². The third-order valence-electron chi connectivity index (χ3n) is 5.62. The second kappa shape index (κ2) is 6.50. The van der Waals surface area contributed by atoms with E-state index in [1.165, 1.54) is 49.7 Å². The summed E-state index contributed by atoms with van der Waals surface area (Å²) < 4.78 is 0. The highest BCUT2D eigenvalue weighted by atomic mass is 15.2. The molecule has 2 aliphatic rings. The molecular weight excluding hydrogens is 256 g/mol. The summed E-state index contributed by atoms with van der Waals surface area (Å²) in [6.45, 7) is 3.10. The van der Waals surface area contributed by atoms with E-state index in [9.17, 15) is 0 Å². The molecule has 1 aromatic rings. The summed E-state index contributed by atoms with van der Waals surface area (Å²) >= 11 is 0. The van der Waals surface area contributed by atoms with Gasteiger partial charge in [-0.1, -0.05) is 31.2 Å². The van der Waals surface area contributed by atoms with Gasteiger partial charge < -0.3 is 5.73 Å². The van der Waals surface area contributed by atoms with Crippen LogP contribution in [0.1, 0.15) is 68.5 Å². The van der Waals surface area contributed by atoms with Crippen LogP contribution in [-0.2, 0) is 0 Å². The fraction of sp³-hybridized carbons (Fsp3) is 0.684. The Morgan fingerprint density at radius 3 is 2.48 bits per heavy atom. The second-order valence-corrected chi connectivity index (χ2v) is 7.28. The molecule has 1 atom stereocenters. The fourth-order valence-corrected chi connectivity index (χ4v) is 3.88. The van der Waals surface area contributed by atoms with Crippen molar-refractivity contribution in [1.29, 1.82) is 0 Å². The summed E-state index contributed by atoms with van der Waals surface area (Å²) in [4.78, 5) is 2.55. The van der Waals surface area contributed by atoms with Gasteiger partial charge >= 0.3 is 0 Å². The van der Waals surface area contributed by atoms with Crippen molar-refractivity contribution >= 4 is 0 Å². The monoisotopic (exact) mass is 286 g/mol. The molecule has 116 valence electrons. The summed E-state index contributed by atoms with van der Waals surface area (Å²) in [6, 6.07) is 10.3. The van der Waals surface area contributed by atoms with E-state index < -0.39 is 0 Å². The van der Waals surface area contributed by atoms with Gasteiger partial charge in [0.25, 0.3) is 0 Å². The van der Waals surface area contributed by atoms with Crippen LogP contribution in [0.5, 0.6) is 0 Å². The van der Waals surface area contributed by atoms with Crippen molar-refractivity contribution in [2.24, 2.45) is 11.7 Å². The maximum absolute atomic E-state index is 6.14. The zero-order chi connectivity index (χ0) is 14.8. The molecule has 2 fully saturated rings. The van der Waals surface area contributed by atoms with Crippen LogP contribution in [-0.4, -0.2) is 24.5 Å². The van der Waals surface area contributed by atoms with Gasteiger partial charge in [0.15, 0.2) is 0 Å². The van der Waals surface area contributed by atoms with Gasteiger partial charge in [0, 0.05) is 18.6 Å². The van der Waals surface area contributed by atoms with Gasteiger partial charge in [0.05, 0.1) is 0 Å². The van der Waals surface area contributed by atoms with E-state index in [-0.39, 0.29) is 0 Å². The topological polar surface area (TPSA) is 29.3 Å². The standard InChI is InChI=1S/C19H30N2/c1-14-6-10-18(11-7-14)21(2)19(13-20)17-5-3-4-16(12-17)15-8-9-15/h3-5,12,14-15,18-19H,6-11,13,20H2,1-2H3. The number of hydrogen-bond donors (Lipinski definition) is 1. The van der Waals surface area contributed by atoms with Gasteiger partial charge in [-0.05, 0) is 68.5 Å². The predicted molar refractivity (Wildman–Crippen MR) is 89.4 cm³/mol. The van der Waals surface area contributed by atoms with Crippen LogP contribution in [0.15, 0.2) is 24.3 Å². The lowest BCUT2D eigenvalue weighted by molar-refractivity contribution is 0.126. The Morgan fingerprint density at radius 2 is 1.86 bits per heavy atom. The molecule has 1 unspecified atom stereocenters. The highest BCUT2D eigenvalue weighted by Gasteiger charge is 2.28. The first-order valence-corrected chi connectivity index (χ1v) is 8.71. The highest BCUT2D eigenvalue weighted by molar-refractivity contribution is 5.31. The van der Waals surface area contributed by atoms with Crippen molar-refractivity contribution in [1.82, 2.24) is 4.90 Å². The number of hydrogen-bond acceptors (Lipinski definition) is 2. The minimum absolute atomic E-state index is 0.377. The number of benzene rings is 1. The number of nitrogens with two attached hydrogens (primary N) is 1. The quantitative estimate of drug-likeness (QED) is 0.884. The van der Waals surface area contributed by atoms with Gasteiger partial charge in [-0.25, -0.2) is 0 Å². The number of nitrogens with zero attached hydrogens (tertiary/aromatic N) is 1. The van der Waals surface area contributed by atoms with Crippen molar-refractivity contribution in [3.8, 4) is 0 Å². The molecule has 0 aliphatic heterocycles. The van der Waals surface area contributed by atoms with Crippen LogP contribution in [0.4, 0.5) is 0 Å². The van der Waals surface area contributed by atoms with E-state index in [1.54, 1.807) is 0 Å². The SMILES string of the molecule is CC1CCC(N(C)C(CN)c2cccc(C3CC3)c2)CC1. The third kappa shape index (κ3) is 3.49. The molecule has 2 saturated carbocycles. The molecule has 0 spiro atoms. The van der Waals surface area contributed by atoms with Crippen molar-refractivity contribution in [2.75, 3.05) is 13.6 Å². The van der Waals surface area contributed by atoms with Crippen molar-refractivity contribution in [3.05, 3.63) is 35.4 Å². The van der Waals surface area contributed by atoms with Crippen LogP contribution in [0, 0.1) is 5.92 Å². The van der Waals surface area contributed by atoms with Crippen LogP contribution >= 0.6 is 0 Å². The molecule has 1 aromatic carbocycles. The largest absolute Gasteiger partial charge is 0.329 e. The number of likely N-dealkylation sites (N-methyl/N-ethyl adjacent to an activating group) is 1. The molecule has 0 amide bonds. The highest BCUT2D eigenvalue weighted by Crippen LogP contribution is 2.41. The van der Waals surface area contributed by atoms with E-state index in [2.05, 4.69) is 43.1 Å². The van der Waals surface area contributed by atoms with Gasteiger partial charge in [0.1, 0.15) is 0 Å². The molecule has 2 heteroatoms. The Labute approximate surface area is 129 Å². The predicted octanol–water partition coefficient (Wildman–Crippen LogP) is 4.07. The molecule has 21 heavy (non-hydrogen) atoms. The van der Waals surface area contributed by atoms with Crippen LogP contribution in [0.2, 0.25) is 0 Å². The summed E-state index contributed by atoms with van der Waals surface area (Å²) in [5, 5.41) is 0. The lowest BCUT2D eigenvalue weighted by Gasteiger charge is -2.38. The molecular formula is C19H30N2. The molecule has 2 N–H and O–H groups in total. The van der Waals surface area contributed by atoms with Crippen molar-refractivity contribution < 1.29 is 0 Å². The number of rotatable bonds is 5. The van der Waals surface area contributed by atoms with Gasteiger partial charge in [0.2, 0.25) is 0 Å². The van der Waals surface area contributed by atoms with Crippen LogP contribution in [0.25, 0.3) is 0 Å². The molecule has 2 aliphatic carbocycles. The lowest BCUT2D eigenvalue weighted by Crippen LogP contribution is -2.40. The summed E-state index contributed by atoms with van der Waals surface area (Å²) in [5.41, 5.74) is 9.08. The molecule has 0 heterocycles. The van der Waals surface area contributed by atoms with Gasteiger partial charge in [-0.15, -0.1) is 0 Å². The minimum Gasteiger partial charge on any atom is -0.329 e. The maximum atomic E-state index is 6.14. The molecule has 0 saturated heterocycles. The van der Waals surface area contributed by atoms with E-state index in [4.69, 9.17) is 5.73 Å². The Hall–Kier alpha value is -0.860. The molecule has 0 radical (unpaired) electrons. The summed E-state index contributed by atoms with van der Waals surface area (Å²) in [6.07, 6.45) is 8.13. The van der Waals surface area contributed by atoms with Crippen LogP contribution in [0.3, 0.4) is 0 Å². The maximum Gasteiger partial charge on any atom is 0.0470 e. The Morgan fingerprint density at radius 1 is 1.14 bits per heavy atom. The van der Waals surface area contributed by atoms with Crippen molar-refractivity contribution in [3.63, 3.8) is 0 Å². The first-order chi connectivity index (χ1) is 10.2. The summed E-state index contributed by atoms with van der Waals surface area (Å²) in [7, 11) is 2.28. The zero-order valence-corrected chi connectivity index (χ0v) is 13.6. The average molecular weight is 286 g/mol. The fourth-order valence-electron chi connectivity index (χ4n) is 3.88.